The molecular formula is C15H18F3N3O3. The van der Waals surface area contributed by atoms with E-state index < -0.39 is 23.6 Å². The minimum absolute atomic E-state index is 0.0900. The van der Waals surface area contributed by atoms with Crippen molar-refractivity contribution in [3.8, 4) is 0 Å². The number of nitro groups is 1. The van der Waals surface area contributed by atoms with Gasteiger partial charge in [-0.25, -0.2) is 0 Å². The number of nitrogens with one attached hydrogen (secondary N) is 1. The largest absolute Gasteiger partial charge is 0.401 e. The first-order valence-electron chi connectivity index (χ1n) is 7.51. The molecule has 2 rings (SSSR count). The minimum atomic E-state index is -4.24. The van der Waals surface area contributed by atoms with Crippen molar-refractivity contribution < 1.29 is 22.9 Å². The van der Waals surface area contributed by atoms with Gasteiger partial charge in [0.2, 0.25) is 5.91 Å². The molecule has 0 unspecified atom stereocenters. The summed E-state index contributed by atoms with van der Waals surface area (Å²) in [6.45, 7) is 1.03. The molecule has 0 aliphatic carbocycles. The standard InChI is InChI=1S/C15H18F3N3O3/c1-10-2-3-12(8-13(10)21(23)24)19-14(22)11-4-6-20(7-5-11)9-15(16,17)18/h2-3,8,11H,4-7,9H2,1H3,(H,19,22). The first-order chi connectivity index (χ1) is 11.2. The first-order valence-corrected chi connectivity index (χ1v) is 7.51. The zero-order chi connectivity index (χ0) is 17.9. The van der Waals surface area contributed by atoms with E-state index >= 15 is 0 Å². The van der Waals surface area contributed by atoms with E-state index in [0.29, 0.717) is 24.1 Å². The van der Waals surface area contributed by atoms with Gasteiger partial charge in [-0.1, -0.05) is 6.07 Å². The van der Waals surface area contributed by atoms with Gasteiger partial charge in [0.1, 0.15) is 0 Å². The smallest absolute Gasteiger partial charge is 0.326 e. The summed E-state index contributed by atoms with van der Waals surface area (Å²) in [5.41, 5.74) is 0.710. The molecule has 132 valence electrons. The summed E-state index contributed by atoms with van der Waals surface area (Å²) < 4.78 is 37.0. The van der Waals surface area contributed by atoms with Gasteiger partial charge >= 0.3 is 6.18 Å². The number of carbonyl (C=O) groups excluding carboxylic acids is 1. The van der Waals surface area contributed by atoms with E-state index in [1.54, 1.807) is 19.1 Å². The van der Waals surface area contributed by atoms with Gasteiger partial charge in [0.05, 0.1) is 11.5 Å². The van der Waals surface area contributed by atoms with Crippen molar-refractivity contribution in [2.45, 2.75) is 25.9 Å². The number of nitrogens with zero attached hydrogens (tertiary/aromatic N) is 2. The number of aryl methyl sites for hydroxylation is 1. The topological polar surface area (TPSA) is 75.5 Å². The molecule has 0 spiro atoms. The third-order valence-corrected chi connectivity index (χ3v) is 4.03. The van der Waals surface area contributed by atoms with Crippen molar-refractivity contribution in [2.75, 3.05) is 25.0 Å². The number of piperidine rings is 1. The first kappa shape index (κ1) is 18.2. The maximum atomic E-state index is 12.3. The van der Waals surface area contributed by atoms with Crippen molar-refractivity contribution in [3.63, 3.8) is 0 Å². The van der Waals surface area contributed by atoms with E-state index in [0.717, 1.165) is 0 Å². The summed E-state index contributed by atoms with van der Waals surface area (Å²) in [5, 5.41) is 13.5. The number of halogens is 3. The Hall–Kier alpha value is -2.16. The number of alkyl halides is 3. The van der Waals surface area contributed by atoms with Crippen LogP contribution in [0.5, 0.6) is 0 Å². The lowest BCUT2D eigenvalue weighted by Crippen LogP contribution is -2.42. The highest BCUT2D eigenvalue weighted by Gasteiger charge is 2.33. The van der Waals surface area contributed by atoms with Gasteiger partial charge in [-0.05, 0) is 38.9 Å². The monoisotopic (exact) mass is 345 g/mol. The number of amides is 1. The fourth-order valence-electron chi connectivity index (χ4n) is 2.73. The van der Waals surface area contributed by atoms with Crippen LogP contribution in [0.2, 0.25) is 0 Å². The third-order valence-electron chi connectivity index (χ3n) is 4.03. The van der Waals surface area contributed by atoms with Gasteiger partial charge in [-0.3, -0.25) is 19.8 Å². The molecule has 1 aromatic carbocycles. The number of hydrogen-bond donors (Lipinski definition) is 1. The molecule has 9 heteroatoms. The number of rotatable bonds is 4. The van der Waals surface area contributed by atoms with Crippen LogP contribution in [-0.2, 0) is 4.79 Å². The zero-order valence-electron chi connectivity index (χ0n) is 13.1. The Balaban J connectivity index is 1.92. The Labute approximate surface area is 136 Å². The summed E-state index contributed by atoms with van der Waals surface area (Å²) in [4.78, 5) is 23.9. The molecule has 0 atom stereocenters. The predicted octanol–water partition coefficient (Wildman–Crippen LogP) is 3.12. The molecule has 6 nitrogen and oxygen atoms in total. The molecule has 1 N–H and O–H groups in total. The maximum Gasteiger partial charge on any atom is 0.401 e. The molecule has 0 radical (unpaired) electrons. The number of benzene rings is 1. The highest BCUT2D eigenvalue weighted by molar-refractivity contribution is 5.93. The SMILES string of the molecule is Cc1ccc(NC(=O)C2CCN(CC(F)(F)F)CC2)cc1[N+](=O)[O-]. The lowest BCUT2D eigenvalue weighted by molar-refractivity contribution is -0.385. The van der Waals surface area contributed by atoms with Crippen LogP contribution < -0.4 is 5.32 Å². The molecule has 0 aromatic heterocycles. The summed E-state index contributed by atoms with van der Waals surface area (Å²) in [6.07, 6.45) is -3.58. The molecule has 1 aliphatic rings. The molecule has 1 fully saturated rings. The number of anilines is 1. The van der Waals surface area contributed by atoms with Crippen LogP contribution in [-0.4, -0.2) is 41.5 Å². The van der Waals surface area contributed by atoms with Gasteiger partial charge < -0.3 is 5.32 Å². The Morgan fingerprint density at radius 3 is 2.54 bits per heavy atom. The van der Waals surface area contributed by atoms with Crippen molar-refractivity contribution in [3.05, 3.63) is 33.9 Å². The molecule has 1 saturated heterocycles. The van der Waals surface area contributed by atoms with Crippen LogP contribution in [0, 0.1) is 23.0 Å². The van der Waals surface area contributed by atoms with Gasteiger partial charge in [0, 0.05) is 23.2 Å². The second-order valence-corrected chi connectivity index (χ2v) is 5.91. The van der Waals surface area contributed by atoms with Gasteiger partial charge in [0.25, 0.3) is 5.69 Å². The van der Waals surface area contributed by atoms with E-state index in [1.165, 1.54) is 11.0 Å². The molecule has 1 aromatic rings. The van der Waals surface area contributed by atoms with Crippen LogP contribution in [0.25, 0.3) is 0 Å². The van der Waals surface area contributed by atoms with E-state index in [1.807, 2.05) is 0 Å². The second-order valence-electron chi connectivity index (χ2n) is 5.91. The molecule has 1 aliphatic heterocycles. The Morgan fingerprint density at radius 1 is 1.38 bits per heavy atom. The Morgan fingerprint density at radius 2 is 2.00 bits per heavy atom. The number of likely N-dealkylation sites (tertiary alicyclic amines) is 1. The number of hydrogen-bond acceptors (Lipinski definition) is 4. The highest BCUT2D eigenvalue weighted by atomic mass is 19.4. The number of carbonyl (C=O) groups is 1. The summed E-state index contributed by atoms with van der Waals surface area (Å²) in [7, 11) is 0. The van der Waals surface area contributed by atoms with E-state index in [9.17, 15) is 28.1 Å². The van der Waals surface area contributed by atoms with Crippen LogP contribution >= 0.6 is 0 Å². The van der Waals surface area contributed by atoms with Crippen LogP contribution in [0.15, 0.2) is 18.2 Å². The average Bonchev–Trinajstić information content (AvgIpc) is 2.48. The summed E-state index contributed by atoms with van der Waals surface area (Å²) in [5.74, 6) is -0.713. The normalized spacial score (nSPS) is 16.8. The lowest BCUT2D eigenvalue weighted by atomic mass is 9.95. The summed E-state index contributed by atoms with van der Waals surface area (Å²) in [6, 6.07) is 4.39. The predicted molar refractivity (Wildman–Crippen MR) is 81.7 cm³/mol. The summed E-state index contributed by atoms with van der Waals surface area (Å²) >= 11 is 0. The zero-order valence-corrected chi connectivity index (χ0v) is 13.1. The van der Waals surface area contributed by atoms with Crippen LogP contribution in [0.1, 0.15) is 18.4 Å². The quantitative estimate of drug-likeness (QED) is 0.672. The molecule has 1 amide bonds. The van der Waals surface area contributed by atoms with Gasteiger partial charge in [0.15, 0.2) is 0 Å². The molecule has 1 heterocycles. The Bertz CT molecular complexity index is 626. The van der Waals surface area contributed by atoms with Crippen molar-refractivity contribution in [1.29, 1.82) is 0 Å². The number of nitro benzene ring substituents is 1. The van der Waals surface area contributed by atoms with Gasteiger partial charge in [-0.2, -0.15) is 13.2 Å². The molecule has 0 saturated carbocycles. The molecule has 24 heavy (non-hydrogen) atoms. The minimum Gasteiger partial charge on any atom is -0.326 e. The second kappa shape index (κ2) is 7.16. The third kappa shape index (κ3) is 4.92. The van der Waals surface area contributed by atoms with Gasteiger partial charge in [-0.15, -0.1) is 0 Å². The van der Waals surface area contributed by atoms with E-state index in [-0.39, 0.29) is 24.7 Å². The fraction of sp³-hybridized carbons (Fsp3) is 0.533. The Kier molecular flexibility index (Phi) is 5.43. The lowest BCUT2D eigenvalue weighted by Gasteiger charge is -2.31. The fourth-order valence-corrected chi connectivity index (χ4v) is 2.73. The van der Waals surface area contributed by atoms with E-state index in [4.69, 9.17) is 0 Å². The van der Waals surface area contributed by atoms with E-state index in [2.05, 4.69) is 5.32 Å². The van der Waals surface area contributed by atoms with Crippen LogP contribution in [0.4, 0.5) is 24.5 Å². The van der Waals surface area contributed by atoms with Crippen LogP contribution in [0.3, 0.4) is 0 Å². The molecular weight excluding hydrogens is 327 g/mol. The average molecular weight is 345 g/mol. The maximum absolute atomic E-state index is 12.3. The highest BCUT2D eigenvalue weighted by Crippen LogP contribution is 2.25. The molecule has 0 bridgehead atoms. The van der Waals surface area contributed by atoms with Crippen molar-refractivity contribution in [1.82, 2.24) is 4.90 Å². The van der Waals surface area contributed by atoms with Crippen molar-refractivity contribution in [2.24, 2.45) is 5.92 Å². The van der Waals surface area contributed by atoms with Crippen molar-refractivity contribution >= 4 is 17.3 Å².